The van der Waals surface area contributed by atoms with Crippen molar-refractivity contribution in [3.63, 3.8) is 0 Å². The average Bonchev–Trinajstić information content (AvgIpc) is 3.36. The Balaban J connectivity index is 1.54. The van der Waals surface area contributed by atoms with Crippen LogP contribution in [0.4, 0.5) is 0 Å². The highest BCUT2D eigenvalue weighted by Gasteiger charge is 2.34. The van der Waals surface area contributed by atoms with E-state index in [1.54, 1.807) is 24.4 Å². The number of aromatic nitrogens is 2. The van der Waals surface area contributed by atoms with Crippen molar-refractivity contribution in [1.29, 1.82) is 0 Å². The number of unbranched alkanes of at least 4 members (excludes halogenated alkanes) is 1. The highest BCUT2D eigenvalue weighted by Crippen LogP contribution is 2.32. The van der Waals surface area contributed by atoms with Crippen molar-refractivity contribution in [1.82, 2.24) is 19.8 Å². The van der Waals surface area contributed by atoms with Crippen molar-refractivity contribution in [2.24, 2.45) is 0 Å². The van der Waals surface area contributed by atoms with Crippen molar-refractivity contribution in [3.05, 3.63) is 89.0 Å². The lowest BCUT2D eigenvalue weighted by Crippen LogP contribution is -2.42. The molecule has 0 saturated carbocycles. The van der Waals surface area contributed by atoms with Gasteiger partial charge in [-0.15, -0.1) is 12.3 Å². The lowest BCUT2D eigenvalue weighted by Gasteiger charge is -2.36. The lowest BCUT2D eigenvalue weighted by molar-refractivity contribution is -0.134. The first-order valence-electron chi connectivity index (χ1n) is 11.8. The number of terminal acetylenes is 1. The van der Waals surface area contributed by atoms with Crippen LogP contribution in [0.5, 0.6) is 0 Å². The summed E-state index contributed by atoms with van der Waals surface area (Å²) in [6, 6.07) is 16.2. The molecule has 1 N–H and O–H groups in total. The summed E-state index contributed by atoms with van der Waals surface area (Å²) in [5.74, 6) is 2.48. The molecule has 0 aliphatic carbocycles. The molecule has 36 heavy (non-hydrogen) atoms. The second-order valence-electron chi connectivity index (χ2n) is 8.51. The van der Waals surface area contributed by atoms with E-state index in [4.69, 9.17) is 11.2 Å². The number of hydrogen-bond acceptors (Lipinski definition) is 5. The Morgan fingerprint density at radius 2 is 1.94 bits per heavy atom. The largest absolute Gasteiger partial charge is 0.465 e. The van der Waals surface area contributed by atoms with Gasteiger partial charge in [0.2, 0.25) is 5.91 Å². The molecule has 184 valence electrons. The zero-order valence-electron chi connectivity index (χ0n) is 20.1. The minimum absolute atomic E-state index is 0.0184. The number of hydrogen-bond donors (Lipinski definition) is 1. The predicted molar refractivity (Wildman–Crippen MR) is 134 cm³/mol. The number of esters is 1. The molecule has 1 aliphatic heterocycles. The van der Waals surface area contributed by atoms with Gasteiger partial charge in [-0.3, -0.25) is 9.59 Å². The third-order valence-electron chi connectivity index (χ3n) is 6.13. The Morgan fingerprint density at radius 1 is 1.14 bits per heavy atom. The SMILES string of the molecule is C#CCCCC(=O)N1CCn2cc(C(=O)NCc3cccc(C(=O)OC)c3)nc2C1c1ccccc1. The number of imidazole rings is 1. The van der Waals surface area contributed by atoms with Crippen molar-refractivity contribution in [3.8, 4) is 12.3 Å². The van der Waals surface area contributed by atoms with Crippen LogP contribution >= 0.6 is 0 Å². The number of ether oxygens (including phenoxy) is 1. The Morgan fingerprint density at radius 3 is 2.69 bits per heavy atom. The maximum absolute atomic E-state index is 13.1. The highest BCUT2D eigenvalue weighted by atomic mass is 16.5. The Bertz CT molecular complexity index is 1290. The second kappa shape index (κ2) is 11.4. The van der Waals surface area contributed by atoms with Crippen LogP contribution in [0.2, 0.25) is 0 Å². The summed E-state index contributed by atoms with van der Waals surface area (Å²) in [6.45, 7) is 1.29. The molecule has 4 rings (SSSR count). The molecule has 2 heterocycles. The van der Waals surface area contributed by atoms with E-state index in [9.17, 15) is 14.4 Å². The van der Waals surface area contributed by atoms with Gasteiger partial charge >= 0.3 is 5.97 Å². The molecular weight excluding hydrogens is 456 g/mol. The van der Waals surface area contributed by atoms with Gasteiger partial charge in [0.25, 0.3) is 5.91 Å². The van der Waals surface area contributed by atoms with E-state index in [0.29, 0.717) is 43.7 Å². The van der Waals surface area contributed by atoms with Crippen LogP contribution in [0, 0.1) is 12.3 Å². The van der Waals surface area contributed by atoms with Gasteiger partial charge in [0.05, 0.1) is 12.7 Å². The van der Waals surface area contributed by atoms with Crippen LogP contribution in [0.1, 0.15) is 63.1 Å². The molecule has 0 spiro atoms. The first kappa shape index (κ1) is 24.7. The van der Waals surface area contributed by atoms with Gasteiger partial charge in [0.15, 0.2) is 0 Å². The number of nitrogens with zero attached hydrogens (tertiary/aromatic N) is 3. The first-order valence-corrected chi connectivity index (χ1v) is 11.8. The number of amides is 2. The molecule has 8 heteroatoms. The molecule has 0 saturated heterocycles. The summed E-state index contributed by atoms with van der Waals surface area (Å²) in [6.07, 6.45) is 8.63. The Labute approximate surface area is 210 Å². The monoisotopic (exact) mass is 484 g/mol. The van der Waals surface area contributed by atoms with Gasteiger partial charge in [-0.05, 0) is 29.7 Å². The third kappa shape index (κ3) is 5.47. The van der Waals surface area contributed by atoms with Gasteiger partial charge in [-0.25, -0.2) is 9.78 Å². The zero-order valence-corrected chi connectivity index (χ0v) is 20.1. The Hall–Kier alpha value is -4.38. The topological polar surface area (TPSA) is 93.5 Å². The van der Waals surface area contributed by atoms with E-state index in [0.717, 1.165) is 11.1 Å². The third-order valence-corrected chi connectivity index (χ3v) is 6.13. The molecule has 1 atom stereocenters. The molecule has 0 fully saturated rings. The molecule has 0 radical (unpaired) electrons. The van der Waals surface area contributed by atoms with Crippen molar-refractivity contribution >= 4 is 17.8 Å². The first-order chi connectivity index (χ1) is 17.5. The number of carbonyl (C=O) groups is 3. The van der Waals surface area contributed by atoms with E-state index in [-0.39, 0.29) is 24.1 Å². The molecule has 1 aliphatic rings. The van der Waals surface area contributed by atoms with Crippen LogP contribution in [-0.2, 0) is 22.6 Å². The number of rotatable bonds is 8. The number of benzene rings is 2. The van der Waals surface area contributed by atoms with Gasteiger partial charge < -0.3 is 19.5 Å². The van der Waals surface area contributed by atoms with Crippen molar-refractivity contribution in [2.45, 2.75) is 38.4 Å². The van der Waals surface area contributed by atoms with Gasteiger partial charge in [-0.2, -0.15) is 0 Å². The van der Waals surface area contributed by atoms with E-state index >= 15 is 0 Å². The summed E-state index contributed by atoms with van der Waals surface area (Å²) in [5.41, 5.74) is 2.39. The van der Waals surface area contributed by atoms with Crippen LogP contribution in [0.25, 0.3) is 0 Å². The van der Waals surface area contributed by atoms with Gasteiger partial charge in [0.1, 0.15) is 17.6 Å². The van der Waals surface area contributed by atoms with Crippen molar-refractivity contribution in [2.75, 3.05) is 13.7 Å². The summed E-state index contributed by atoms with van der Waals surface area (Å²) in [4.78, 5) is 44.3. The standard InChI is InChI=1S/C28H28N4O4/c1-3-4-6-14-24(33)32-16-15-31-19-23(30-26(31)25(32)21-11-7-5-8-12-21)27(34)29-18-20-10-9-13-22(17-20)28(35)36-2/h1,5,7-13,17,19,25H,4,6,14-16,18H2,2H3,(H,29,34). The molecule has 0 bridgehead atoms. The number of carbonyl (C=O) groups excluding carboxylic acids is 3. The zero-order chi connectivity index (χ0) is 25.5. The van der Waals surface area contributed by atoms with E-state index < -0.39 is 12.0 Å². The fourth-order valence-corrected chi connectivity index (χ4v) is 4.34. The molecule has 2 aromatic carbocycles. The smallest absolute Gasteiger partial charge is 0.337 e. The normalized spacial score (nSPS) is 14.4. The summed E-state index contributed by atoms with van der Waals surface area (Å²) < 4.78 is 6.70. The summed E-state index contributed by atoms with van der Waals surface area (Å²) >= 11 is 0. The van der Waals surface area contributed by atoms with Gasteiger partial charge in [0, 0.05) is 38.7 Å². The molecular formula is C28H28N4O4. The highest BCUT2D eigenvalue weighted by molar-refractivity contribution is 5.92. The number of methoxy groups -OCH3 is 1. The fourth-order valence-electron chi connectivity index (χ4n) is 4.34. The summed E-state index contributed by atoms with van der Waals surface area (Å²) in [5, 5.41) is 2.87. The minimum Gasteiger partial charge on any atom is -0.465 e. The van der Waals surface area contributed by atoms with E-state index in [2.05, 4.69) is 16.2 Å². The Kier molecular flexibility index (Phi) is 7.81. The predicted octanol–water partition coefficient (Wildman–Crippen LogP) is 3.33. The molecule has 3 aromatic rings. The maximum atomic E-state index is 13.1. The second-order valence-corrected chi connectivity index (χ2v) is 8.51. The number of fused-ring (bicyclic) bond motifs is 1. The fraction of sp³-hybridized carbons (Fsp3) is 0.286. The number of nitrogens with one attached hydrogen (secondary N) is 1. The van der Waals surface area contributed by atoms with Crippen LogP contribution < -0.4 is 5.32 Å². The average molecular weight is 485 g/mol. The minimum atomic E-state index is -0.435. The maximum Gasteiger partial charge on any atom is 0.337 e. The summed E-state index contributed by atoms with van der Waals surface area (Å²) in [7, 11) is 1.33. The van der Waals surface area contributed by atoms with Gasteiger partial charge in [-0.1, -0.05) is 42.5 Å². The molecule has 1 unspecified atom stereocenters. The van der Waals surface area contributed by atoms with Crippen LogP contribution in [0.3, 0.4) is 0 Å². The lowest BCUT2D eigenvalue weighted by atomic mass is 10.0. The quantitative estimate of drug-likeness (QED) is 0.301. The van der Waals surface area contributed by atoms with Crippen LogP contribution in [0.15, 0.2) is 60.8 Å². The van der Waals surface area contributed by atoms with E-state index in [1.807, 2.05) is 45.9 Å². The molecule has 8 nitrogen and oxygen atoms in total. The van der Waals surface area contributed by atoms with E-state index in [1.165, 1.54) is 7.11 Å². The molecule has 2 amide bonds. The van der Waals surface area contributed by atoms with Crippen LogP contribution in [-0.4, -0.2) is 45.9 Å². The molecule has 1 aromatic heterocycles. The van der Waals surface area contributed by atoms with Crippen molar-refractivity contribution < 1.29 is 19.1 Å².